The average Bonchev–Trinajstić information content (AvgIpc) is 2.56. The van der Waals surface area contributed by atoms with Gasteiger partial charge in [-0.05, 0) is 31.6 Å². The van der Waals surface area contributed by atoms with Gasteiger partial charge in [0.25, 0.3) is 0 Å². The summed E-state index contributed by atoms with van der Waals surface area (Å²) < 4.78 is 10.6. The van der Waals surface area contributed by atoms with Crippen molar-refractivity contribution in [3.63, 3.8) is 0 Å². The van der Waals surface area contributed by atoms with Gasteiger partial charge in [-0.15, -0.1) is 0 Å². The molecule has 25 heavy (non-hydrogen) atoms. The summed E-state index contributed by atoms with van der Waals surface area (Å²) in [6, 6.07) is 0. The molecule has 0 aromatic carbocycles. The maximum absolute atomic E-state index is 12.4. The molecular weight excluding hydrogens is 316 g/mol. The van der Waals surface area contributed by atoms with Crippen LogP contribution in [0.25, 0.3) is 0 Å². The second kappa shape index (κ2) is 13.9. The molecule has 0 unspecified atom stereocenters. The number of unbranched alkanes of at least 4 members (excludes halogenated alkanes) is 5. The molecule has 0 aliphatic heterocycles. The number of hydrogen-bond donors (Lipinski definition) is 0. The molecule has 4 nitrogen and oxygen atoms in total. The zero-order valence-corrected chi connectivity index (χ0v) is 17.2. The van der Waals surface area contributed by atoms with Gasteiger partial charge in [-0.1, -0.05) is 66.7 Å². The first-order valence-electron chi connectivity index (χ1n) is 9.83. The SMILES string of the molecule is CCCCCCCCC(C(=O)OCC(C)C)=C(C)C(=O)OCC(C)C. The summed E-state index contributed by atoms with van der Waals surface area (Å²) in [6.07, 6.45) is 7.39. The van der Waals surface area contributed by atoms with Crippen molar-refractivity contribution in [2.75, 3.05) is 13.2 Å². The molecule has 0 rings (SSSR count). The lowest BCUT2D eigenvalue weighted by Gasteiger charge is -2.14. The molecule has 4 heteroatoms. The first-order chi connectivity index (χ1) is 11.8. The molecule has 0 spiro atoms. The molecule has 0 saturated heterocycles. The van der Waals surface area contributed by atoms with E-state index < -0.39 is 5.97 Å². The highest BCUT2D eigenvalue weighted by Crippen LogP contribution is 2.18. The van der Waals surface area contributed by atoms with Crippen LogP contribution in [0.3, 0.4) is 0 Å². The van der Waals surface area contributed by atoms with E-state index in [-0.39, 0.29) is 17.8 Å². The zero-order valence-electron chi connectivity index (χ0n) is 17.2. The molecular formula is C21H38O4. The van der Waals surface area contributed by atoms with E-state index >= 15 is 0 Å². The van der Waals surface area contributed by atoms with Crippen LogP contribution in [0.1, 0.15) is 86.5 Å². The van der Waals surface area contributed by atoms with Crippen LogP contribution in [0.5, 0.6) is 0 Å². The van der Waals surface area contributed by atoms with Gasteiger partial charge in [-0.2, -0.15) is 0 Å². The monoisotopic (exact) mass is 354 g/mol. The molecule has 0 aromatic rings. The Bertz CT molecular complexity index is 422. The highest BCUT2D eigenvalue weighted by Gasteiger charge is 2.20. The summed E-state index contributed by atoms with van der Waals surface area (Å²) in [5.41, 5.74) is 0.868. The van der Waals surface area contributed by atoms with Gasteiger partial charge >= 0.3 is 11.9 Å². The minimum absolute atomic E-state index is 0.270. The summed E-state index contributed by atoms with van der Waals surface area (Å²) in [7, 11) is 0. The van der Waals surface area contributed by atoms with Crippen molar-refractivity contribution in [2.45, 2.75) is 86.5 Å². The predicted molar refractivity (Wildman–Crippen MR) is 102 cm³/mol. The third-order valence-corrected chi connectivity index (χ3v) is 3.88. The number of hydrogen-bond acceptors (Lipinski definition) is 4. The smallest absolute Gasteiger partial charge is 0.334 e. The molecule has 0 aromatic heterocycles. The van der Waals surface area contributed by atoms with Crippen LogP contribution in [0, 0.1) is 11.8 Å². The molecule has 0 aliphatic rings. The van der Waals surface area contributed by atoms with Crippen LogP contribution < -0.4 is 0 Å². The second-order valence-electron chi connectivity index (χ2n) is 7.61. The Morgan fingerprint density at radius 1 is 0.760 bits per heavy atom. The van der Waals surface area contributed by atoms with Crippen LogP contribution >= 0.6 is 0 Å². The molecule has 0 N–H and O–H groups in total. The van der Waals surface area contributed by atoms with Crippen LogP contribution in [0.4, 0.5) is 0 Å². The van der Waals surface area contributed by atoms with Crippen molar-refractivity contribution in [2.24, 2.45) is 11.8 Å². The fourth-order valence-electron chi connectivity index (χ4n) is 2.33. The molecule has 0 aliphatic carbocycles. The zero-order chi connectivity index (χ0) is 19.2. The summed E-state index contributed by atoms with van der Waals surface area (Å²) >= 11 is 0. The number of esters is 2. The van der Waals surface area contributed by atoms with E-state index in [2.05, 4.69) is 6.92 Å². The largest absolute Gasteiger partial charge is 0.462 e. The van der Waals surface area contributed by atoms with E-state index in [1.807, 2.05) is 27.7 Å². The average molecular weight is 355 g/mol. The van der Waals surface area contributed by atoms with Crippen molar-refractivity contribution in [1.29, 1.82) is 0 Å². The quantitative estimate of drug-likeness (QED) is 0.251. The van der Waals surface area contributed by atoms with Gasteiger partial charge in [-0.3, -0.25) is 0 Å². The highest BCUT2D eigenvalue weighted by molar-refractivity contribution is 5.99. The topological polar surface area (TPSA) is 52.6 Å². The number of ether oxygens (including phenoxy) is 2. The van der Waals surface area contributed by atoms with Gasteiger partial charge < -0.3 is 9.47 Å². The summed E-state index contributed by atoms with van der Waals surface area (Å²) in [4.78, 5) is 24.6. The fourth-order valence-corrected chi connectivity index (χ4v) is 2.33. The van der Waals surface area contributed by atoms with Crippen LogP contribution in [-0.2, 0) is 19.1 Å². The van der Waals surface area contributed by atoms with Crippen molar-refractivity contribution in [1.82, 2.24) is 0 Å². The Kier molecular flexibility index (Phi) is 13.2. The number of carbonyl (C=O) groups is 2. The minimum atomic E-state index is -0.406. The Morgan fingerprint density at radius 2 is 1.24 bits per heavy atom. The third-order valence-electron chi connectivity index (χ3n) is 3.88. The van der Waals surface area contributed by atoms with Crippen molar-refractivity contribution >= 4 is 11.9 Å². The van der Waals surface area contributed by atoms with Crippen LogP contribution in [0.15, 0.2) is 11.1 Å². The van der Waals surface area contributed by atoms with Gasteiger partial charge in [0.05, 0.1) is 13.2 Å². The van der Waals surface area contributed by atoms with Gasteiger partial charge in [0.2, 0.25) is 0 Å². The second-order valence-corrected chi connectivity index (χ2v) is 7.61. The number of carbonyl (C=O) groups excluding carboxylic acids is 2. The molecule has 146 valence electrons. The highest BCUT2D eigenvalue weighted by atomic mass is 16.5. The maximum atomic E-state index is 12.4. The predicted octanol–water partition coefficient (Wildman–Crippen LogP) is 5.45. The molecule has 0 saturated carbocycles. The lowest BCUT2D eigenvalue weighted by Crippen LogP contribution is -2.18. The minimum Gasteiger partial charge on any atom is -0.462 e. The molecule has 0 atom stereocenters. The molecule has 0 amide bonds. The van der Waals surface area contributed by atoms with Gasteiger partial charge in [0.1, 0.15) is 0 Å². The van der Waals surface area contributed by atoms with Crippen LogP contribution in [-0.4, -0.2) is 25.2 Å². The Hall–Kier alpha value is -1.32. The summed E-state index contributed by atoms with van der Waals surface area (Å²) in [6.45, 7) is 12.6. The third kappa shape index (κ3) is 11.8. The summed E-state index contributed by atoms with van der Waals surface area (Å²) in [5, 5.41) is 0. The van der Waals surface area contributed by atoms with Gasteiger partial charge in [0, 0.05) is 11.1 Å². The van der Waals surface area contributed by atoms with Crippen LogP contribution in [0.2, 0.25) is 0 Å². The lowest BCUT2D eigenvalue weighted by molar-refractivity contribution is -0.143. The van der Waals surface area contributed by atoms with E-state index in [0.717, 1.165) is 12.8 Å². The Labute approximate surface area is 154 Å². The Balaban J connectivity index is 4.82. The van der Waals surface area contributed by atoms with Crippen molar-refractivity contribution in [3.05, 3.63) is 11.1 Å². The molecule has 0 bridgehead atoms. The van der Waals surface area contributed by atoms with Crippen molar-refractivity contribution in [3.8, 4) is 0 Å². The van der Waals surface area contributed by atoms with E-state index in [1.165, 1.54) is 25.7 Å². The number of rotatable bonds is 13. The standard InChI is InChI=1S/C21H38O4/c1-7-8-9-10-11-12-13-19(21(23)25-15-17(4)5)18(6)20(22)24-14-16(2)3/h16-17H,7-15H2,1-6H3. The van der Waals surface area contributed by atoms with E-state index in [9.17, 15) is 9.59 Å². The van der Waals surface area contributed by atoms with E-state index in [4.69, 9.17) is 9.47 Å². The van der Waals surface area contributed by atoms with E-state index in [0.29, 0.717) is 30.8 Å². The van der Waals surface area contributed by atoms with E-state index in [1.54, 1.807) is 6.92 Å². The summed E-state index contributed by atoms with van der Waals surface area (Å²) in [5.74, 6) is -0.239. The molecule has 0 heterocycles. The van der Waals surface area contributed by atoms with Gasteiger partial charge in [0.15, 0.2) is 0 Å². The lowest BCUT2D eigenvalue weighted by atomic mass is 10.0. The molecule has 0 fully saturated rings. The maximum Gasteiger partial charge on any atom is 0.334 e. The fraction of sp³-hybridized carbons (Fsp3) is 0.810. The van der Waals surface area contributed by atoms with Crippen molar-refractivity contribution < 1.29 is 19.1 Å². The first-order valence-corrected chi connectivity index (χ1v) is 9.83. The first kappa shape index (κ1) is 23.7. The normalized spacial score (nSPS) is 12.3. The van der Waals surface area contributed by atoms with Gasteiger partial charge in [-0.25, -0.2) is 9.59 Å². The molecule has 0 radical (unpaired) electrons. The Morgan fingerprint density at radius 3 is 1.76 bits per heavy atom.